The molecule has 7 nitrogen and oxygen atoms in total. The van der Waals surface area contributed by atoms with Crippen LogP contribution in [0.25, 0.3) is 0 Å². The number of carbonyl (C=O) groups excluding carboxylic acids is 2. The molecule has 3 N–H and O–H groups in total. The molecule has 1 aromatic rings. The van der Waals surface area contributed by atoms with Crippen molar-refractivity contribution in [3.8, 4) is 5.75 Å². The molecule has 2 rings (SSSR count). The summed E-state index contributed by atoms with van der Waals surface area (Å²) < 4.78 is 6.20. The molecule has 0 spiro atoms. The number of hydrogen-bond acceptors (Lipinski definition) is 5. The first-order valence-corrected chi connectivity index (χ1v) is 9.34. The Balaban J connectivity index is 1.87. The SMILES string of the molecule is CC(C)(C)c1ccccc1OC1CCN(C(=O)C(=O)NCC(O)CO)CC1. The van der Waals surface area contributed by atoms with Gasteiger partial charge in [0.2, 0.25) is 0 Å². The standard InChI is InChI=1S/C20H30N2O5/c1-20(2,3)16-6-4-5-7-17(16)27-15-8-10-22(11-9-15)19(26)18(25)21-12-14(24)13-23/h4-7,14-15,23-24H,8-13H2,1-3H3,(H,21,25). The molecular weight excluding hydrogens is 348 g/mol. The number of nitrogens with one attached hydrogen (secondary N) is 1. The zero-order valence-electron chi connectivity index (χ0n) is 16.3. The van der Waals surface area contributed by atoms with Crippen molar-refractivity contribution in [2.75, 3.05) is 26.2 Å². The van der Waals surface area contributed by atoms with E-state index >= 15 is 0 Å². The number of piperidine rings is 1. The summed E-state index contributed by atoms with van der Waals surface area (Å²) in [6.45, 7) is 6.69. The van der Waals surface area contributed by atoms with Gasteiger partial charge in [-0.2, -0.15) is 0 Å². The van der Waals surface area contributed by atoms with Crippen LogP contribution < -0.4 is 10.1 Å². The number of ether oxygens (including phenoxy) is 1. The van der Waals surface area contributed by atoms with Gasteiger partial charge in [-0.25, -0.2) is 0 Å². The van der Waals surface area contributed by atoms with E-state index in [9.17, 15) is 14.7 Å². The molecule has 0 aromatic heterocycles. The largest absolute Gasteiger partial charge is 0.490 e. The highest BCUT2D eigenvalue weighted by molar-refractivity contribution is 6.35. The van der Waals surface area contributed by atoms with Crippen molar-refractivity contribution in [1.82, 2.24) is 10.2 Å². The zero-order chi connectivity index (χ0) is 20.0. The van der Waals surface area contributed by atoms with Gasteiger partial charge in [-0.1, -0.05) is 39.0 Å². The van der Waals surface area contributed by atoms with Crippen molar-refractivity contribution in [3.63, 3.8) is 0 Å². The monoisotopic (exact) mass is 378 g/mol. The lowest BCUT2D eigenvalue weighted by molar-refractivity contribution is -0.147. The van der Waals surface area contributed by atoms with E-state index in [1.165, 1.54) is 4.90 Å². The molecule has 150 valence electrons. The second kappa shape index (κ2) is 9.19. The van der Waals surface area contributed by atoms with Gasteiger partial charge in [-0.15, -0.1) is 0 Å². The third kappa shape index (κ3) is 5.94. The molecule has 1 fully saturated rings. The molecule has 1 aliphatic heterocycles. The molecule has 0 saturated carbocycles. The number of rotatable bonds is 5. The molecule has 1 atom stereocenters. The van der Waals surface area contributed by atoms with E-state index in [1.807, 2.05) is 18.2 Å². The zero-order valence-corrected chi connectivity index (χ0v) is 16.3. The maximum Gasteiger partial charge on any atom is 0.311 e. The molecule has 1 unspecified atom stereocenters. The van der Waals surface area contributed by atoms with E-state index in [0.717, 1.165) is 11.3 Å². The average molecular weight is 378 g/mol. The van der Waals surface area contributed by atoms with Crippen molar-refractivity contribution in [2.24, 2.45) is 0 Å². The minimum atomic E-state index is -1.07. The lowest BCUT2D eigenvalue weighted by Gasteiger charge is -2.33. The van der Waals surface area contributed by atoms with E-state index in [2.05, 4.69) is 32.2 Å². The molecule has 27 heavy (non-hydrogen) atoms. The van der Waals surface area contributed by atoms with Gasteiger partial charge in [-0.3, -0.25) is 9.59 Å². The molecule has 0 bridgehead atoms. The summed E-state index contributed by atoms with van der Waals surface area (Å²) in [5.41, 5.74) is 1.12. The molecule has 1 aromatic carbocycles. The minimum absolute atomic E-state index is 0.00294. The number of amides is 2. The number of benzene rings is 1. The highest BCUT2D eigenvalue weighted by atomic mass is 16.5. The fourth-order valence-electron chi connectivity index (χ4n) is 3.04. The van der Waals surface area contributed by atoms with E-state index in [1.54, 1.807) is 0 Å². The molecule has 2 amide bonds. The number of aliphatic hydroxyl groups is 2. The van der Waals surface area contributed by atoms with Gasteiger partial charge < -0.3 is 25.2 Å². The number of nitrogens with zero attached hydrogens (tertiary/aromatic N) is 1. The van der Waals surface area contributed by atoms with Crippen LogP contribution in [0.5, 0.6) is 5.75 Å². The third-order valence-corrected chi connectivity index (χ3v) is 4.62. The Morgan fingerprint density at radius 1 is 1.26 bits per heavy atom. The number of hydrogen-bond donors (Lipinski definition) is 3. The number of para-hydroxylation sites is 1. The highest BCUT2D eigenvalue weighted by Crippen LogP contribution is 2.32. The molecule has 0 radical (unpaired) electrons. The predicted octanol–water partition coefficient (Wildman–Crippen LogP) is 0.823. The third-order valence-electron chi connectivity index (χ3n) is 4.62. The quantitative estimate of drug-likeness (QED) is 0.659. The summed E-state index contributed by atoms with van der Waals surface area (Å²) in [7, 11) is 0. The van der Waals surface area contributed by atoms with Crippen LogP contribution in [0.15, 0.2) is 24.3 Å². The first-order chi connectivity index (χ1) is 12.7. The van der Waals surface area contributed by atoms with Crippen LogP contribution in [0.4, 0.5) is 0 Å². The predicted molar refractivity (Wildman–Crippen MR) is 101 cm³/mol. The van der Waals surface area contributed by atoms with E-state index in [4.69, 9.17) is 9.84 Å². The maximum absolute atomic E-state index is 12.2. The highest BCUT2D eigenvalue weighted by Gasteiger charge is 2.29. The van der Waals surface area contributed by atoms with Crippen LogP contribution in [0.2, 0.25) is 0 Å². The van der Waals surface area contributed by atoms with E-state index in [0.29, 0.717) is 25.9 Å². The number of carbonyl (C=O) groups is 2. The molecule has 1 aliphatic rings. The number of likely N-dealkylation sites (tertiary alicyclic amines) is 1. The fraction of sp³-hybridized carbons (Fsp3) is 0.600. The van der Waals surface area contributed by atoms with Crippen molar-refractivity contribution in [1.29, 1.82) is 0 Å². The molecule has 0 aliphatic carbocycles. The van der Waals surface area contributed by atoms with Crippen molar-refractivity contribution in [2.45, 2.75) is 51.2 Å². The summed E-state index contributed by atoms with van der Waals surface area (Å²) in [6, 6.07) is 7.99. The summed E-state index contributed by atoms with van der Waals surface area (Å²) >= 11 is 0. The number of aliphatic hydroxyl groups excluding tert-OH is 2. The second-order valence-corrected chi connectivity index (χ2v) is 7.90. The Bertz CT molecular complexity index is 648. The van der Waals surface area contributed by atoms with Gasteiger partial charge in [0.05, 0.1) is 12.7 Å². The van der Waals surface area contributed by atoms with Crippen LogP contribution in [0.3, 0.4) is 0 Å². The Morgan fingerprint density at radius 3 is 2.48 bits per heavy atom. The smallest absolute Gasteiger partial charge is 0.311 e. The van der Waals surface area contributed by atoms with Gasteiger partial charge in [-0.05, 0) is 17.0 Å². The first-order valence-electron chi connectivity index (χ1n) is 9.34. The van der Waals surface area contributed by atoms with Crippen molar-refractivity contribution in [3.05, 3.63) is 29.8 Å². The molecular formula is C20H30N2O5. The minimum Gasteiger partial charge on any atom is -0.490 e. The Kier molecular flexibility index (Phi) is 7.21. The second-order valence-electron chi connectivity index (χ2n) is 7.90. The van der Waals surface area contributed by atoms with Crippen LogP contribution >= 0.6 is 0 Å². The lowest BCUT2D eigenvalue weighted by Crippen LogP contribution is -2.49. The van der Waals surface area contributed by atoms with Gasteiger partial charge in [0.25, 0.3) is 0 Å². The molecule has 1 saturated heterocycles. The van der Waals surface area contributed by atoms with Gasteiger partial charge >= 0.3 is 11.8 Å². The van der Waals surface area contributed by atoms with Crippen LogP contribution in [0, 0.1) is 0 Å². The normalized spacial score (nSPS) is 16.7. The molecule has 7 heteroatoms. The van der Waals surface area contributed by atoms with Crippen LogP contribution in [-0.2, 0) is 15.0 Å². The van der Waals surface area contributed by atoms with Crippen molar-refractivity contribution >= 4 is 11.8 Å². The Labute approximate surface area is 160 Å². The van der Waals surface area contributed by atoms with E-state index in [-0.39, 0.29) is 18.1 Å². The van der Waals surface area contributed by atoms with E-state index < -0.39 is 24.5 Å². The van der Waals surface area contributed by atoms with Crippen LogP contribution in [-0.4, -0.2) is 65.4 Å². The van der Waals surface area contributed by atoms with Crippen LogP contribution in [0.1, 0.15) is 39.2 Å². The average Bonchev–Trinajstić information content (AvgIpc) is 2.65. The van der Waals surface area contributed by atoms with Crippen molar-refractivity contribution < 1.29 is 24.5 Å². The molecule has 1 heterocycles. The maximum atomic E-state index is 12.2. The summed E-state index contributed by atoms with van der Waals surface area (Å²) in [5, 5.41) is 20.3. The topological polar surface area (TPSA) is 99.1 Å². The van der Waals surface area contributed by atoms with Gasteiger partial charge in [0.15, 0.2) is 0 Å². The Hall–Kier alpha value is -2.12. The summed E-state index contributed by atoms with van der Waals surface area (Å²) in [6.07, 6.45) is 0.230. The Morgan fingerprint density at radius 2 is 1.89 bits per heavy atom. The van der Waals surface area contributed by atoms with Gasteiger partial charge in [0.1, 0.15) is 11.9 Å². The first kappa shape index (κ1) is 21.2. The van der Waals surface area contributed by atoms with Gasteiger partial charge in [0, 0.05) is 32.5 Å². The summed E-state index contributed by atoms with van der Waals surface area (Å²) in [4.78, 5) is 25.5. The lowest BCUT2D eigenvalue weighted by atomic mass is 9.86. The summed E-state index contributed by atoms with van der Waals surface area (Å²) in [5.74, 6) is -0.515. The fourth-order valence-corrected chi connectivity index (χ4v) is 3.04.